The van der Waals surface area contributed by atoms with Crippen LogP contribution in [0.3, 0.4) is 0 Å². The van der Waals surface area contributed by atoms with Crippen LogP contribution in [0.5, 0.6) is 5.75 Å². The third-order valence-corrected chi connectivity index (χ3v) is 2.56. The highest BCUT2D eigenvalue weighted by molar-refractivity contribution is 6.41. The van der Waals surface area contributed by atoms with Gasteiger partial charge in [0.25, 0.3) is 5.78 Å². The molecule has 2 N–H and O–H groups in total. The minimum absolute atomic E-state index is 0.256. The average Bonchev–Trinajstić information content (AvgIpc) is 2.76. The first kappa shape index (κ1) is 13.5. The first-order valence-corrected chi connectivity index (χ1v) is 5.53. The summed E-state index contributed by atoms with van der Waals surface area (Å²) >= 11 is 0. The van der Waals surface area contributed by atoms with E-state index in [-0.39, 0.29) is 11.4 Å². The van der Waals surface area contributed by atoms with Gasteiger partial charge in [-0.2, -0.15) is 0 Å². The largest absolute Gasteiger partial charge is 0.475 e. The van der Waals surface area contributed by atoms with Gasteiger partial charge >= 0.3 is 11.9 Å². The molecule has 2 aromatic rings. The van der Waals surface area contributed by atoms with Crippen molar-refractivity contribution in [1.82, 2.24) is 4.98 Å². The number of aromatic amines is 1. The fourth-order valence-corrected chi connectivity index (χ4v) is 1.65. The van der Waals surface area contributed by atoms with Gasteiger partial charge in [0.15, 0.2) is 5.75 Å². The Morgan fingerprint density at radius 2 is 1.80 bits per heavy atom. The summed E-state index contributed by atoms with van der Waals surface area (Å²) in [6, 6.07) is 6.40. The van der Waals surface area contributed by atoms with Crippen LogP contribution in [0.4, 0.5) is 0 Å². The van der Waals surface area contributed by atoms with Gasteiger partial charge in [-0.25, -0.2) is 9.59 Å². The quantitative estimate of drug-likeness (QED) is 0.487. The Morgan fingerprint density at radius 1 is 1.15 bits per heavy atom. The molecule has 1 aromatic heterocycles. The van der Waals surface area contributed by atoms with Gasteiger partial charge in [-0.05, 0) is 12.1 Å². The van der Waals surface area contributed by atoms with Crippen LogP contribution >= 0.6 is 0 Å². The standard InChI is InChI=1S/C13H9NO6/c1-6(15)13(19)20-11-7-4-2-3-5-8(7)14-9(11)10(16)12(17)18/h2-5,14H,1H3,(H,17,18). The number of fused-ring (bicyclic) bond motifs is 1. The number of para-hydroxylation sites is 1. The molecule has 0 aliphatic carbocycles. The maximum absolute atomic E-state index is 11.6. The number of hydrogen-bond acceptors (Lipinski definition) is 5. The Hall–Kier alpha value is -2.96. The van der Waals surface area contributed by atoms with Gasteiger partial charge in [0.05, 0.1) is 0 Å². The minimum Gasteiger partial charge on any atom is -0.475 e. The topological polar surface area (TPSA) is 114 Å². The molecule has 0 atom stereocenters. The lowest BCUT2D eigenvalue weighted by atomic mass is 10.2. The summed E-state index contributed by atoms with van der Waals surface area (Å²) in [4.78, 5) is 47.2. The summed E-state index contributed by atoms with van der Waals surface area (Å²) in [5.74, 6) is -5.24. The van der Waals surface area contributed by atoms with E-state index in [0.29, 0.717) is 10.9 Å². The van der Waals surface area contributed by atoms with E-state index in [2.05, 4.69) is 4.98 Å². The lowest BCUT2D eigenvalue weighted by Gasteiger charge is -2.02. The van der Waals surface area contributed by atoms with Gasteiger partial charge in [0, 0.05) is 17.8 Å². The number of ether oxygens (including phenoxy) is 1. The van der Waals surface area contributed by atoms with Crippen molar-refractivity contribution in [2.75, 3.05) is 0 Å². The predicted molar refractivity (Wildman–Crippen MR) is 66.6 cm³/mol. The van der Waals surface area contributed by atoms with Crippen molar-refractivity contribution >= 4 is 34.4 Å². The summed E-state index contributed by atoms with van der Waals surface area (Å²) in [7, 11) is 0. The monoisotopic (exact) mass is 275 g/mol. The van der Waals surface area contributed by atoms with Gasteiger partial charge in [-0.1, -0.05) is 12.1 Å². The molecule has 0 bridgehead atoms. The smallest absolute Gasteiger partial charge is 0.379 e. The van der Waals surface area contributed by atoms with E-state index >= 15 is 0 Å². The number of esters is 1. The Labute approximate surface area is 112 Å². The molecule has 0 aliphatic rings. The normalized spacial score (nSPS) is 10.2. The van der Waals surface area contributed by atoms with E-state index in [4.69, 9.17) is 9.84 Å². The highest BCUT2D eigenvalue weighted by Gasteiger charge is 2.26. The number of carbonyl (C=O) groups excluding carboxylic acids is 3. The molecule has 0 radical (unpaired) electrons. The number of H-pyrrole nitrogens is 1. The van der Waals surface area contributed by atoms with Gasteiger partial charge in [-0.3, -0.25) is 9.59 Å². The molecule has 2 rings (SSSR count). The minimum atomic E-state index is -1.70. The van der Waals surface area contributed by atoms with Crippen molar-refractivity contribution in [3.63, 3.8) is 0 Å². The number of rotatable bonds is 4. The molecule has 0 saturated carbocycles. The average molecular weight is 275 g/mol. The van der Waals surface area contributed by atoms with Gasteiger partial charge < -0.3 is 14.8 Å². The van der Waals surface area contributed by atoms with Crippen LogP contribution in [0, 0.1) is 0 Å². The van der Waals surface area contributed by atoms with Crippen molar-refractivity contribution < 1.29 is 29.0 Å². The van der Waals surface area contributed by atoms with E-state index in [0.717, 1.165) is 6.92 Å². The number of benzene rings is 1. The molecule has 1 aromatic carbocycles. The molecule has 0 fully saturated rings. The summed E-state index contributed by atoms with van der Waals surface area (Å²) in [6.07, 6.45) is 0. The Morgan fingerprint density at radius 3 is 2.40 bits per heavy atom. The molecule has 7 nitrogen and oxygen atoms in total. The van der Waals surface area contributed by atoms with Crippen LogP contribution in [0.2, 0.25) is 0 Å². The van der Waals surface area contributed by atoms with Crippen LogP contribution in [0.1, 0.15) is 17.4 Å². The number of hydrogen-bond donors (Lipinski definition) is 2. The van der Waals surface area contributed by atoms with E-state index in [1.54, 1.807) is 18.2 Å². The SMILES string of the molecule is CC(=O)C(=O)Oc1c(C(=O)C(=O)O)[nH]c2ccccc12. The van der Waals surface area contributed by atoms with E-state index < -0.39 is 23.5 Å². The van der Waals surface area contributed by atoms with Crippen LogP contribution in [0.25, 0.3) is 10.9 Å². The van der Waals surface area contributed by atoms with Crippen molar-refractivity contribution in [2.45, 2.75) is 6.92 Å². The first-order valence-electron chi connectivity index (χ1n) is 5.53. The summed E-state index contributed by atoms with van der Waals surface area (Å²) in [5, 5.41) is 9.09. The van der Waals surface area contributed by atoms with Crippen molar-refractivity contribution in [3.05, 3.63) is 30.0 Å². The molecule has 0 unspecified atom stereocenters. The lowest BCUT2D eigenvalue weighted by Crippen LogP contribution is -2.20. The fraction of sp³-hybridized carbons (Fsp3) is 0.0769. The second-order valence-corrected chi connectivity index (χ2v) is 3.95. The predicted octanol–water partition coefficient (Wildman–Crippen LogP) is 0.930. The summed E-state index contributed by atoms with van der Waals surface area (Å²) in [6.45, 7) is 1.01. The Kier molecular flexibility index (Phi) is 3.34. The maximum atomic E-state index is 11.6. The number of nitrogens with one attached hydrogen (secondary N) is 1. The molecular weight excluding hydrogens is 266 g/mol. The third kappa shape index (κ3) is 2.28. The first-order chi connectivity index (χ1) is 9.41. The highest BCUT2D eigenvalue weighted by atomic mass is 16.5. The molecule has 0 saturated heterocycles. The molecule has 7 heteroatoms. The number of Topliss-reactive ketones (excluding diaryl/α,β-unsaturated/α-hetero) is 2. The molecule has 20 heavy (non-hydrogen) atoms. The Balaban J connectivity index is 2.61. The molecule has 0 spiro atoms. The van der Waals surface area contributed by atoms with Crippen molar-refractivity contribution in [1.29, 1.82) is 0 Å². The van der Waals surface area contributed by atoms with Gasteiger partial charge in [0.2, 0.25) is 5.78 Å². The number of carboxylic acid groups (broad SMARTS) is 1. The van der Waals surface area contributed by atoms with E-state index in [1.807, 2.05) is 0 Å². The zero-order valence-electron chi connectivity index (χ0n) is 10.3. The van der Waals surface area contributed by atoms with Crippen molar-refractivity contribution in [2.24, 2.45) is 0 Å². The number of aromatic nitrogens is 1. The van der Waals surface area contributed by atoms with Crippen LogP contribution in [-0.2, 0) is 14.4 Å². The van der Waals surface area contributed by atoms with Crippen molar-refractivity contribution in [3.8, 4) is 5.75 Å². The van der Waals surface area contributed by atoms with Crippen LogP contribution in [0.15, 0.2) is 24.3 Å². The third-order valence-electron chi connectivity index (χ3n) is 2.56. The highest BCUT2D eigenvalue weighted by Crippen LogP contribution is 2.30. The number of carbonyl (C=O) groups is 4. The number of carboxylic acids is 1. The van der Waals surface area contributed by atoms with Crippen LogP contribution < -0.4 is 4.74 Å². The van der Waals surface area contributed by atoms with Gasteiger partial charge in [0.1, 0.15) is 5.69 Å². The molecule has 1 heterocycles. The number of ketones is 2. The molecule has 0 amide bonds. The van der Waals surface area contributed by atoms with E-state index in [9.17, 15) is 19.2 Å². The second kappa shape index (κ2) is 4.96. The molecule has 102 valence electrons. The van der Waals surface area contributed by atoms with Gasteiger partial charge in [-0.15, -0.1) is 0 Å². The maximum Gasteiger partial charge on any atom is 0.379 e. The second-order valence-electron chi connectivity index (χ2n) is 3.95. The zero-order chi connectivity index (χ0) is 14.9. The van der Waals surface area contributed by atoms with E-state index in [1.165, 1.54) is 6.07 Å². The summed E-state index contributed by atoms with van der Waals surface area (Å²) < 4.78 is 4.83. The fourth-order valence-electron chi connectivity index (χ4n) is 1.65. The lowest BCUT2D eigenvalue weighted by molar-refractivity contribution is -0.146. The number of aliphatic carboxylic acids is 1. The molecular formula is C13H9NO6. The Bertz CT molecular complexity index is 742. The zero-order valence-corrected chi connectivity index (χ0v) is 10.3. The molecule has 0 aliphatic heterocycles. The summed E-state index contributed by atoms with van der Waals surface area (Å²) in [5.41, 5.74) is 0.0387. The van der Waals surface area contributed by atoms with Crippen LogP contribution in [-0.4, -0.2) is 33.6 Å².